The molecule has 0 saturated heterocycles. The smallest absolute Gasteiger partial charge is 0.264 e. The van der Waals surface area contributed by atoms with Crippen LogP contribution >= 0.6 is 0 Å². The van der Waals surface area contributed by atoms with Gasteiger partial charge >= 0.3 is 0 Å². The first kappa shape index (κ1) is 21.8. The highest BCUT2D eigenvalue weighted by Crippen LogP contribution is 2.21. The molecule has 0 aliphatic rings. The summed E-state index contributed by atoms with van der Waals surface area (Å²) in [6.07, 6.45) is 1.22. The molecule has 0 spiro atoms. The Morgan fingerprint density at radius 2 is 1.82 bits per heavy atom. The maximum atomic E-state index is 10.7. The summed E-state index contributed by atoms with van der Waals surface area (Å²) in [5.74, 6) is 0.0328. The molecule has 1 atom stereocenters. The molecule has 22 heavy (non-hydrogen) atoms. The third kappa shape index (κ3) is 10.5. The van der Waals surface area contributed by atoms with Crippen molar-refractivity contribution in [1.82, 2.24) is 5.32 Å². The van der Waals surface area contributed by atoms with E-state index in [1.165, 1.54) is 0 Å². The molecule has 0 heterocycles. The van der Waals surface area contributed by atoms with Crippen molar-refractivity contribution in [2.75, 3.05) is 32.6 Å². The molecule has 0 aromatic rings. The predicted octanol–water partition coefficient (Wildman–Crippen LogP) is 2.10. The highest BCUT2D eigenvalue weighted by atomic mass is 32.2. The lowest BCUT2D eigenvalue weighted by Gasteiger charge is -2.35. The molecule has 0 rings (SSSR count). The fourth-order valence-electron chi connectivity index (χ4n) is 1.82. The third-order valence-electron chi connectivity index (χ3n) is 4.02. The SMILES string of the molecule is COCCC(C)(C)OCC(C)C(C)(C)NCCCS(=O)(=O)O. The van der Waals surface area contributed by atoms with Crippen molar-refractivity contribution in [1.29, 1.82) is 0 Å². The van der Waals surface area contributed by atoms with E-state index < -0.39 is 10.1 Å². The maximum Gasteiger partial charge on any atom is 0.264 e. The van der Waals surface area contributed by atoms with Gasteiger partial charge in [-0.15, -0.1) is 0 Å². The van der Waals surface area contributed by atoms with Gasteiger partial charge in [-0.1, -0.05) is 6.92 Å². The molecule has 2 N–H and O–H groups in total. The lowest BCUT2D eigenvalue weighted by atomic mass is 9.89. The highest BCUT2D eigenvalue weighted by molar-refractivity contribution is 7.85. The average Bonchev–Trinajstić information content (AvgIpc) is 2.38. The van der Waals surface area contributed by atoms with E-state index in [9.17, 15) is 8.42 Å². The number of nitrogens with one attached hydrogen (secondary N) is 1. The van der Waals surface area contributed by atoms with E-state index in [0.29, 0.717) is 26.2 Å². The van der Waals surface area contributed by atoms with Crippen molar-refractivity contribution >= 4 is 10.1 Å². The van der Waals surface area contributed by atoms with Crippen molar-refractivity contribution in [2.24, 2.45) is 5.92 Å². The van der Waals surface area contributed by atoms with Crippen LogP contribution in [0.15, 0.2) is 0 Å². The second-order valence-electron chi connectivity index (χ2n) is 7.00. The van der Waals surface area contributed by atoms with Gasteiger partial charge in [0.05, 0.1) is 18.0 Å². The molecule has 0 aromatic heterocycles. The lowest BCUT2D eigenvalue weighted by molar-refractivity contribution is -0.0592. The standard InChI is InChI=1S/C15H33NO5S/c1-13(12-21-14(2,3)8-10-20-6)15(4,5)16-9-7-11-22(17,18)19/h13,16H,7-12H2,1-6H3,(H,17,18,19). The lowest BCUT2D eigenvalue weighted by Crippen LogP contribution is -2.48. The van der Waals surface area contributed by atoms with E-state index in [1.807, 2.05) is 13.8 Å². The fraction of sp³-hybridized carbons (Fsp3) is 1.00. The number of methoxy groups -OCH3 is 1. The van der Waals surface area contributed by atoms with Crippen LogP contribution in [0.4, 0.5) is 0 Å². The van der Waals surface area contributed by atoms with Gasteiger partial charge < -0.3 is 14.8 Å². The third-order valence-corrected chi connectivity index (χ3v) is 4.83. The number of hydrogen-bond acceptors (Lipinski definition) is 5. The molecular weight excluding hydrogens is 306 g/mol. The number of hydrogen-bond donors (Lipinski definition) is 2. The van der Waals surface area contributed by atoms with Crippen LogP contribution in [0.5, 0.6) is 0 Å². The van der Waals surface area contributed by atoms with Crippen LogP contribution in [-0.4, -0.2) is 56.7 Å². The van der Waals surface area contributed by atoms with Gasteiger partial charge in [0.25, 0.3) is 10.1 Å². The van der Waals surface area contributed by atoms with Gasteiger partial charge in [0.1, 0.15) is 0 Å². The fourth-order valence-corrected chi connectivity index (χ4v) is 2.33. The molecule has 0 radical (unpaired) electrons. The molecule has 7 heteroatoms. The number of rotatable bonds is 12. The van der Waals surface area contributed by atoms with Crippen LogP contribution in [-0.2, 0) is 19.6 Å². The zero-order valence-electron chi connectivity index (χ0n) is 14.8. The van der Waals surface area contributed by atoms with Crippen LogP contribution in [0.2, 0.25) is 0 Å². The van der Waals surface area contributed by atoms with Crippen LogP contribution < -0.4 is 5.32 Å². The van der Waals surface area contributed by atoms with Crippen molar-refractivity contribution < 1.29 is 22.4 Å². The summed E-state index contributed by atoms with van der Waals surface area (Å²) in [6, 6.07) is 0. The Balaban J connectivity index is 4.18. The van der Waals surface area contributed by atoms with Gasteiger partial charge in [-0.2, -0.15) is 8.42 Å². The largest absolute Gasteiger partial charge is 0.385 e. The van der Waals surface area contributed by atoms with E-state index in [1.54, 1.807) is 7.11 Å². The Morgan fingerprint density at radius 1 is 1.23 bits per heavy atom. The Bertz CT molecular complexity index is 406. The van der Waals surface area contributed by atoms with Crippen LogP contribution in [0, 0.1) is 5.92 Å². The quantitative estimate of drug-likeness (QED) is 0.418. The molecule has 0 aliphatic carbocycles. The summed E-state index contributed by atoms with van der Waals surface area (Å²) in [7, 11) is -2.20. The topological polar surface area (TPSA) is 84.9 Å². The summed E-state index contributed by atoms with van der Waals surface area (Å²) in [5, 5.41) is 3.33. The van der Waals surface area contributed by atoms with Crippen LogP contribution in [0.25, 0.3) is 0 Å². The molecule has 0 fully saturated rings. The van der Waals surface area contributed by atoms with E-state index in [4.69, 9.17) is 14.0 Å². The molecule has 6 nitrogen and oxygen atoms in total. The molecule has 0 amide bonds. The zero-order chi connectivity index (χ0) is 17.4. The summed E-state index contributed by atoms with van der Waals surface area (Å²) in [4.78, 5) is 0. The molecule has 0 bridgehead atoms. The normalized spacial score (nSPS) is 15.0. The highest BCUT2D eigenvalue weighted by Gasteiger charge is 2.28. The maximum absolute atomic E-state index is 10.7. The van der Waals surface area contributed by atoms with E-state index in [2.05, 4.69) is 26.1 Å². The first-order chi connectivity index (χ1) is 9.90. The molecule has 0 aromatic carbocycles. The van der Waals surface area contributed by atoms with E-state index in [-0.39, 0.29) is 22.8 Å². The predicted molar refractivity (Wildman–Crippen MR) is 88.8 cm³/mol. The van der Waals surface area contributed by atoms with Gasteiger partial charge in [-0.05, 0) is 53.0 Å². The summed E-state index contributed by atoms with van der Waals surface area (Å²) >= 11 is 0. The minimum atomic E-state index is -3.88. The van der Waals surface area contributed by atoms with Crippen molar-refractivity contribution in [3.05, 3.63) is 0 Å². The van der Waals surface area contributed by atoms with Gasteiger partial charge in [-0.3, -0.25) is 4.55 Å². The minimum absolute atomic E-state index is 0.184. The van der Waals surface area contributed by atoms with E-state index >= 15 is 0 Å². The second-order valence-corrected chi connectivity index (χ2v) is 8.57. The molecule has 0 saturated carbocycles. The summed E-state index contributed by atoms with van der Waals surface area (Å²) in [6.45, 7) is 12.1. The second kappa shape index (κ2) is 9.17. The van der Waals surface area contributed by atoms with Crippen molar-refractivity contribution in [3.63, 3.8) is 0 Å². The molecule has 0 aliphatic heterocycles. The Labute approximate surface area is 135 Å². The Hall–Kier alpha value is -0.210. The van der Waals surface area contributed by atoms with Gasteiger partial charge in [-0.25, -0.2) is 0 Å². The molecule has 1 unspecified atom stereocenters. The zero-order valence-corrected chi connectivity index (χ0v) is 15.6. The van der Waals surface area contributed by atoms with Crippen molar-refractivity contribution in [3.8, 4) is 0 Å². The van der Waals surface area contributed by atoms with Crippen LogP contribution in [0.1, 0.15) is 47.5 Å². The van der Waals surface area contributed by atoms with E-state index in [0.717, 1.165) is 6.42 Å². The Kier molecular flexibility index (Phi) is 9.09. The van der Waals surface area contributed by atoms with Crippen LogP contribution in [0.3, 0.4) is 0 Å². The van der Waals surface area contributed by atoms with Gasteiger partial charge in [0, 0.05) is 19.3 Å². The number of ether oxygens (including phenoxy) is 2. The molecular formula is C15H33NO5S. The Morgan fingerprint density at radius 3 is 2.32 bits per heavy atom. The first-order valence-corrected chi connectivity index (χ1v) is 9.33. The monoisotopic (exact) mass is 339 g/mol. The average molecular weight is 339 g/mol. The summed E-state index contributed by atoms with van der Waals surface area (Å²) in [5.41, 5.74) is -0.415. The summed E-state index contributed by atoms with van der Waals surface area (Å²) < 4.78 is 41.2. The van der Waals surface area contributed by atoms with Gasteiger partial charge in [0.2, 0.25) is 0 Å². The minimum Gasteiger partial charge on any atom is -0.385 e. The van der Waals surface area contributed by atoms with Crippen molar-refractivity contribution in [2.45, 2.75) is 58.6 Å². The first-order valence-electron chi connectivity index (χ1n) is 7.73. The van der Waals surface area contributed by atoms with Gasteiger partial charge in [0.15, 0.2) is 0 Å². The molecule has 134 valence electrons.